The Hall–Kier alpha value is -1.97. The van der Waals surface area contributed by atoms with Crippen molar-refractivity contribution in [1.82, 2.24) is 15.0 Å². The van der Waals surface area contributed by atoms with Crippen molar-refractivity contribution in [1.29, 1.82) is 0 Å². The lowest BCUT2D eigenvalue weighted by Gasteiger charge is -2.52. The van der Waals surface area contributed by atoms with Crippen LogP contribution in [0.15, 0.2) is 36.4 Å². The number of fused-ring (bicyclic) bond motifs is 2. The molecule has 0 amide bonds. The van der Waals surface area contributed by atoms with E-state index in [4.69, 9.17) is 0 Å². The summed E-state index contributed by atoms with van der Waals surface area (Å²) in [4.78, 5) is 3.88. The van der Waals surface area contributed by atoms with Crippen molar-refractivity contribution >= 4 is 10.0 Å². The zero-order chi connectivity index (χ0) is 20.8. The van der Waals surface area contributed by atoms with Crippen LogP contribution in [0.5, 0.6) is 0 Å². The first kappa shape index (κ1) is 20.3. The highest BCUT2D eigenvalue weighted by atomic mass is 32.2. The van der Waals surface area contributed by atoms with Crippen molar-refractivity contribution in [2.75, 3.05) is 6.26 Å². The van der Waals surface area contributed by atoms with E-state index in [1.54, 1.807) is 12.1 Å². The zero-order valence-corrected chi connectivity index (χ0v) is 16.6. The molecule has 0 unspecified atom stereocenters. The molecule has 5 rings (SSSR count). The van der Waals surface area contributed by atoms with Gasteiger partial charge in [-0.05, 0) is 48.9 Å². The van der Waals surface area contributed by atoms with Gasteiger partial charge in [-0.2, -0.15) is 0 Å². The average molecular weight is 425 g/mol. The molecule has 2 atom stereocenters. The number of piperidine rings is 2. The number of aromatic nitrogens is 1. The highest BCUT2D eigenvalue weighted by Gasteiger charge is 2.46. The highest BCUT2D eigenvalue weighted by molar-refractivity contribution is 7.88. The lowest BCUT2D eigenvalue weighted by atomic mass is 9.68. The van der Waals surface area contributed by atoms with E-state index in [1.807, 2.05) is 0 Å². The molecule has 2 aliphatic heterocycles. The van der Waals surface area contributed by atoms with E-state index in [-0.39, 0.29) is 35.7 Å². The topological polar surface area (TPSA) is 71.1 Å². The maximum atomic E-state index is 15.2. The van der Waals surface area contributed by atoms with Crippen LogP contribution in [0, 0.1) is 11.7 Å². The van der Waals surface area contributed by atoms with Crippen molar-refractivity contribution in [2.45, 2.75) is 43.8 Å². The van der Waals surface area contributed by atoms with Gasteiger partial charge in [-0.1, -0.05) is 18.2 Å². The molecule has 1 saturated carbocycles. The molecular weight excluding hydrogens is 403 g/mol. The lowest BCUT2D eigenvalue weighted by molar-refractivity contribution is 0.0809. The second-order valence-corrected chi connectivity index (χ2v) is 9.63. The minimum atomic E-state index is -3.40. The van der Waals surface area contributed by atoms with Gasteiger partial charge in [0.05, 0.1) is 11.9 Å². The molecule has 156 valence electrons. The van der Waals surface area contributed by atoms with Gasteiger partial charge in [0.2, 0.25) is 10.0 Å². The monoisotopic (exact) mass is 425 g/mol. The molecule has 9 heteroatoms. The van der Waals surface area contributed by atoms with E-state index in [9.17, 15) is 17.2 Å². The second kappa shape index (κ2) is 7.70. The summed E-state index contributed by atoms with van der Waals surface area (Å²) in [5.41, 5.74) is 0.288. The Morgan fingerprint density at radius 3 is 2.62 bits per heavy atom. The van der Waals surface area contributed by atoms with Gasteiger partial charge < -0.3 is 5.32 Å². The first-order chi connectivity index (χ1) is 13.7. The summed E-state index contributed by atoms with van der Waals surface area (Å²) in [5, 5.41) is 3.41. The maximum Gasteiger partial charge on any atom is 0.280 e. The van der Waals surface area contributed by atoms with Crippen molar-refractivity contribution in [2.24, 2.45) is 5.92 Å². The zero-order valence-electron chi connectivity index (χ0n) is 15.8. The summed E-state index contributed by atoms with van der Waals surface area (Å²) in [6, 6.07) is 8.70. The Kier molecular flexibility index (Phi) is 5.39. The van der Waals surface area contributed by atoms with E-state index in [0.29, 0.717) is 11.6 Å². The summed E-state index contributed by atoms with van der Waals surface area (Å²) in [5.74, 6) is -0.290. The largest absolute Gasteiger partial charge is 0.309 e. The highest BCUT2D eigenvalue weighted by Crippen LogP contribution is 2.38. The summed E-state index contributed by atoms with van der Waals surface area (Å²) < 4.78 is 67.4. The van der Waals surface area contributed by atoms with Crippen molar-refractivity contribution in [3.05, 3.63) is 53.5 Å². The molecule has 3 fully saturated rings. The van der Waals surface area contributed by atoms with Gasteiger partial charge in [0.25, 0.3) is 6.43 Å². The number of hydrogen-bond acceptors (Lipinski definition) is 4. The number of pyridine rings is 1. The van der Waals surface area contributed by atoms with Crippen molar-refractivity contribution in [3.63, 3.8) is 0 Å². The molecule has 5 nitrogen and oxygen atoms in total. The number of alkyl halides is 2. The molecular formula is C20H22F3N3O2S. The fourth-order valence-corrected chi connectivity index (χ4v) is 5.18. The van der Waals surface area contributed by atoms with Crippen molar-refractivity contribution in [3.8, 4) is 11.3 Å². The van der Waals surface area contributed by atoms with E-state index in [0.717, 1.165) is 19.1 Å². The number of nitrogens with one attached hydrogen (secondary N) is 2. The fourth-order valence-electron chi connectivity index (χ4n) is 4.33. The molecule has 2 aromatic rings. The van der Waals surface area contributed by atoms with Crippen LogP contribution in [0.25, 0.3) is 11.3 Å². The molecule has 3 aliphatic rings. The van der Waals surface area contributed by atoms with Gasteiger partial charge in [-0.15, -0.1) is 0 Å². The molecule has 3 heterocycles. The van der Waals surface area contributed by atoms with E-state index in [2.05, 4.69) is 15.0 Å². The van der Waals surface area contributed by atoms with Crippen LogP contribution in [-0.4, -0.2) is 37.8 Å². The molecule has 2 N–H and O–H groups in total. The fraction of sp³-hybridized carbons (Fsp3) is 0.450. The smallest absolute Gasteiger partial charge is 0.280 e. The molecule has 1 aromatic heterocycles. The van der Waals surface area contributed by atoms with Gasteiger partial charge in [0, 0.05) is 23.7 Å². The summed E-state index contributed by atoms with van der Waals surface area (Å²) >= 11 is 0. The number of halogens is 3. The Labute approximate surface area is 167 Å². The molecule has 2 saturated heterocycles. The Morgan fingerprint density at radius 2 is 1.93 bits per heavy atom. The third kappa shape index (κ3) is 4.31. The number of benzene rings is 1. The molecule has 0 radical (unpaired) electrons. The molecule has 0 spiro atoms. The summed E-state index contributed by atoms with van der Waals surface area (Å²) in [6.07, 6.45) is 0.473. The van der Waals surface area contributed by atoms with Crippen molar-refractivity contribution < 1.29 is 21.6 Å². The number of rotatable bonds is 6. The molecule has 1 aliphatic carbocycles. The van der Waals surface area contributed by atoms with Crippen LogP contribution < -0.4 is 10.0 Å². The second-order valence-electron chi connectivity index (χ2n) is 7.85. The molecule has 2 bridgehead atoms. The SMILES string of the molecule is CS(=O)(=O)N[C@H]1C2CC(C2)N[C@H]1Cc1cccc(-c2cccc(C(F)F)n2)c1F. The predicted molar refractivity (Wildman–Crippen MR) is 103 cm³/mol. The molecule has 1 aromatic carbocycles. The van der Waals surface area contributed by atoms with Gasteiger partial charge in [-0.25, -0.2) is 31.3 Å². The third-order valence-electron chi connectivity index (χ3n) is 5.70. The normalized spacial score (nSPS) is 26.4. The van der Waals surface area contributed by atoms with Gasteiger partial charge in [0.15, 0.2) is 0 Å². The van der Waals surface area contributed by atoms with Gasteiger partial charge >= 0.3 is 0 Å². The minimum Gasteiger partial charge on any atom is -0.309 e. The standard InChI is InChI=1S/C20H22F3N3O2S/c1-29(27,28)26-19-12-8-13(9-12)24-17(19)10-11-4-2-5-14(18(11)21)15-6-3-7-16(25-15)20(22)23/h2-7,12-13,17,19-20,24,26H,8-10H2,1H3/t12?,13?,17-,19-/m0/s1. The number of sulfonamides is 1. The van der Waals surface area contributed by atoms with Crippen LogP contribution in [0.2, 0.25) is 0 Å². The Bertz CT molecular complexity index is 1010. The Morgan fingerprint density at radius 1 is 1.21 bits per heavy atom. The quantitative estimate of drug-likeness (QED) is 0.747. The number of hydrogen-bond donors (Lipinski definition) is 2. The average Bonchev–Trinajstić information content (AvgIpc) is 2.62. The number of nitrogens with zero attached hydrogens (tertiary/aromatic N) is 1. The first-order valence-electron chi connectivity index (χ1n) is 9.47. The van der Waals surface area contributed by atoms with E-state index < -0.39 is 28.0 Å². The summed E-state index contributed by atoms with van der Waals surface area (Å²) in [6.45, 7) is 0. The van der Waals surface area contributed by atoms with Gasteiger partial charge in [0.1, 0.15) is 11.5 Å². The third-order valence-corrected chi connectivity index (χ3v) is 6.40. The van der Waals surface area contributed by atoms with Crippen LogP contribution in [0.4, 0.5) is 13.2 Å². The van der Waals surface area contributed by atoms with Crippen LogP contribution >= 0.6 is 0 Å². The van der Waals surface area contributed by atoms with Crippen LogP contribution in [0.3, 0.4) is 0 Å². The van der Waals surface area contributed by atoms with Crippen LogP contribution in [-0.2, 0) is 16.4 Å². The Balaban J connectivity index is 1.61. The van der Waals surface area contributed by atoms with Crippen LogP contribution in [0.1, 0.15) is 30.5 Å². The van der Waals surface area contributed by atoms with Gasteiger partial charge in [-0.3, -0.25) is 0 Å². The van der Waals surface area contributed by atoms with E-state index in [1.165, 1.54) is 24.3 Å². The first-order valence-corrected chi connectivity index (χ1v) is 11.4. The maximum absolute atomic E-state index is 15.2. The molecule has 29 heavy (non-hydrogen) atoms. The van der Waals surface area contributed by atoms with E-state index >= 15 is 4.39 Å². The summed E-state index contributed by atoms with van der Waals surface area (Å²) in [7, 11) is -3.40. The predicted octanol–water partition coefficient (Wildman–Crippen LogP) is 3.04. The minimum absolute atomic E-state index is 0.146. The lowest BCUT2D eigenvalue weighted by Crippen LogP contribution is -2.67.